The lowest BCUT2D eigenvalue weighted by Crippen LogP contribution is -2.35. The molecule has 0 saturated carbocycles. The molecule has 5 nitrogen and oxygen atoms in total. The van der Waals surface area contributed by atoms with Gasteiger partial charge in [0.2, 0.25) is 0 Å². The van der Waals surface area contributed by atoms with Crippen LogP contribution in [0.15, 0.2) is 54.7 Å². The molecular formula is C14H16BrN2O3P. The third-order valence-corrected chi connectivity index (χ3v) is 4.87. The molecule has 0 amide bonds. The summed E-state index contributed by atoms with van der Waals surface area (Å²) in [6, 6.07) is 14.9. The van der Waals surface area contributed by atoms with Crippen LogP contribution in [-0.2, 0) is 9.09 Å². The van der Waals surface area contributed by atoms with E-state index in [1.165, 1.54) is 0 Å². The third kappa shape index (κ3) is 3.59. The Balaban J connectivity index is 0.00000161. The molecule has 1 aromatic carbocycles. The molecule has 1 aliphatic rings. The van der Waals surface area contributed by atoms with Crippen molar-refractivity contribution in [1.29, 1.82) is 0 Å². The maximum atomic E-state index is 12.2. The van der Waals surface area contributed by atoms with Crippen molar-refractivity contribution in [2.75, 3.05) is 6.61 Å². The van der Waals surface area contributed by atoms with E-state index in [2.05, 4.69) is 10.3 Å². The molecule has 1 saturated heterocycles. The molecule has 0 aliphatic carbocycles. The van der Waals surface area contributed by atoms with Crippen LogP contribution in [0.1, 0.15) is 23.1 Å². The van der Waals surface area contributed by atoms with Gasteiger partial charge >= 0.3 is 7.60 Å². The minimum absolute atomic E-state index is 0. The quantitative estimate of drug-likeness (QED) is 0.794. The molecule has 0 radical (unpaired) electrons. The highest BCUT2D eigenvalue weighted by atomic mass is 79.9. The number of halogens is 1. The summed E-state index contributed by atoms with van der Waals surface area (Å²) in [5.41, 5.74) is 1.53. The molecule has 21 heavy (non-hydrogen) atoms. The normalized spacial score (nSPS) is 28.6. The Hall–Kier alpha value is -1.04. The number of nitrogens with one attached hydrogen (secondary N) is 1. The van der Waals surface area contributed by atoms with Gasteiger partial charge in [0, 0.05) is 6.20 Å². The molecule has 1 aliphatic heterocycles. The van der Waals surface area contributed by atoms with E-state index in [1.807, 2.05) is 30.3 Å². The first kappa shape index (κ1) is 16.3. The standard InChI is InChI=1S/C14H15N2O3P.BrH/c17-20(18)14(12-8-4-5-9-15-12)16-13(10-19-20)11-6-2-1-3-7-11;/h1-9,13-14,16H,10H2,(H,17,18);1H/t13-,14+;/m0./s1. The molecule has 2 heterocycles. The van der Waals surface area contributed by atoms with Crippen LogP contribution in [0, 0.1) is 0 Å². The van der Waals surface area contributed by atoms with Gasteiger partial charge in [-0.1, -0.05) is 36.4 Å². The zero-order valence-electron chi connectivity index (χ0n) is 11.1. The summed E-state index contributed by atoms with van der Waals surface area (Å²) in [4.78, 5) is 14.1. The van der Waals surface area contributed by atoms with Gasteiger partial charge in [0.25, 0.3) is 0 Å². The average molecular weight is 371 g/mol. The van der Waals surface area contributed by atoms with E-state index in [4.69, 9.17) is 4.52 Å². The second-order valence-corrected chi connectivity index (χ2v) is 6.55. The fraction of sp³-hybridized carbons (Fsp3) is 0.214. The topological polar surface area (TPSA) is 71.5 Å². The SMILES string of the molecule is Br.O=P1(O)OC[C@@H](c2ccccc2)N[C@H]1c1ccccn1. The van der Waals surface area contributed by atoms with Crippen LogP contribution in [0.2, 0.25) is 0 Å². The summed E-state index contributed by atoms with van der Waals surface area (Å²) in [7, 11) is -3.75. The Bertz CT molecular complexity index is 627. The molecule has 1 aromatic heterocycles. The fourth-order valence-corrected chi connectivity index (χ4v) is 3.62. The highest BCUT2D eigenvalue weighted by Gasteiger charge is 2.41. The van der Waals surface area contributed by atoms with Gasteiger partial charge in [-0.25, -0.2) is 0 Å². The third-order valence-electron chi connectivity index (χ3n) is 3.28. The average Bonchev–Trinajstić information content (AvgIpc) is 2.49. The lowest BCUT2D eigenvalue weighted by atomic mass is 10.1. The summed E-state index contributed by atoms with van der Waals surface area (Å²) in [6.07, 6.45) is 1.60. The molecule has 3 atom stereocenters. The molecule has 0 spiro atoms. The van der Waals surface area contributed by atoms with Crippen LogP contribution in [0.4, 0.5) is 0 Å². The van der Waals surface area contributed by atoms with E-state index in [1.54, 1.807) is 24.4 Å². The number of hydrogen-bond acceptors (Lipinski definition) is 4. The predicted molar refractivity (Wildman–Crippen MR) is 85.4 cm³/mol. The van der Waals surface area contributed by atoms with E-state index in [0.29, 0.717) is 5.69 Å². The molecular weight excluding hydrogens is 355 g/mol. The van der Waals surface area contributed by atoms with Gasteiger partial charge in [0.15, 0.2) is 5.78 Å². The summed E-state index contributed by atoms with van der Waals surface area (Å²) < 4.78 is 17.4. The van der Waals surface area contributed by atoms with Gasteiger partial charge < -0.3 is 9.42 Å². The van der Waals surface area contributed by atoms with E-state index in [9.17, 15) is 9.46 Å². The Kier molecular flexibility index (Phi) is 5.30. The van der Waals surface area contributed by atoms with Gasteiger partial charge in [-0.05, 0) is 17.7 Å². The molecule has 7 heteroatoms. The number of benzene rings is 1. The van der Waals surface area contributed by atoms with Crippen molar-refractivity contribution in [2.45, 2.75) is 11.8 Å². The molecule has 112 valence electrons. The van der Waals surface area contributed by atoms with Gasteiger partial charge in [0.05, 0.1) is 18.3 Å². The number of pyridine rings is 1. The minimum atomic E-state index is -3.75. The van der Waals surface area contributed by atoms with Crippen LogP contribution in [0.5, 0.6) is 0 Å². The summed E-state index contributed by atoms with van der Waals surface area (Å²) in [5.74, 6) is -0.803. The van der Waals surface area contributed by atoms with Crippen LogP contribution in [-0.4, -0.2) is 16.5 Å². The Morgan fingerprint density at radius 3 is 2.57 bits per heavy atom. The smallest absolute Gasteiger partial charge is 0.323 e. The number of nitrogens with zero attached hydrogens (tertiary/aromatic N) is 1. The first-order chi connectivity index (χ1) is 9.67. The first-order valence-electron chi connectivity index (χ1n) is 6.36. The lowest BCUT2D eigenvalue weighted by molar-refractivity contribution is 0.180. The number of rotatable bonds is 2. The summed E-state index contributed by atoms with van der Waals surface area (Å²) in [6.45, 7) is 0.168. The van der Waals surface area contributed by atoms with Crippen LogP contribution >= 0.6 is 24.6 Å². The Morgan fingerprint density at radius 2 is 1.90 bits per heavy atom. The van der Waals surface area contributed by atoms with Gasteiger partial charge in [-0.15, -0.1) is 17.0 Å². The monoisotopic (exact) mass is 370 g/mol. The number of hydrogen-bond donors (Lipinski definition) is 2. The maximum Gasteiger partial charge on any atom is 0.351 e. The summed E-state index contributed by atoms with van der Waals surface area (Å²) >= 11 is 0. The van der Waals surface area contributed by atoms with Crippen molar-refractivity contribution in [3.8, 4) is 0 Å². The van der Waals surface area contributed by atoms with E-state index in [0.717, 1.165) is 5.56 Å². The van der Waals surface area contributed by atoms with Crippen molar-refractivity contribution in [1.82, 2.24) is 10.3 Å². The van der Waals surface area contributed by atoms with Crippen molar-refractivity contribution in [3.63, 3.8) is 0 Å². The molecule has 3 rings (SSSR count). The Morgan fingerprint density at radius 1 is 1.19 bits per heavy atom. The zero-order chi connectivity index (χ0) is 14.0. The van der Waals surface area contributed by atoms with Crippen molar-refractivity contribution in [2.24, 2.45) is 0 Å². The first-order valence-corrected chi connectivity index (χ1v) is 8.00. The second kappa shape index (κ2) is 6.81. The fourth-order valence-electron chi connectivity index (χ4n) is 2.26. The summed E-state index contributed by atoms with van der Waals surface area (Å²) in [5, 5.41) is 3.18. The maximum absolute atomic E-state index is 12.2. The zero-order valence-corrected chi connectivity index (χ0v) is 13.7. The molecule has 0 bridgehead atoms. The Labute approximate surface area is 133 Å². The molecule has 2 N–H and O–H groups in total. The van der Waals surface area contributed by atoms with Gasteiger partial charge in [0.1, 0.15) is 0 Å². The largest absolute Gasteiger partial charge is 0.351 e. The lowest BCUT2D eigenvalue weighted by Gasteiger charge is -2.34. The predicted octanol–water partition coefficient (Wildman–Crippen LogP) is 3.20. The highest BCUT2D eigenvalue weighted by molar-refractivity contribution is 8.93. The number of aromatic nitrogens is 1. The van der Waals surface area contributed by atoms with Crippen molar-refractivity contribution >= 4 is 24.6 Å². The van der Waals surface area contributed by atoms with Crippen LogP contribution < -0.4 is 5.32 Å². The molecule has 1 fully saturated rings. The molecule has 2 aromatic rings. The van der Waals surface area contributed by atoms with Crippen LogP contribution in [0.25, 0.3) is 0 Å². The van der Waals surface area contributed by atoms with Gasteiger partial charge in [-0.3, -0.25) is 14.9 Å². The van der Waals surface area contributed by atoms with Crippen LogP contribution in [0.3, 0.4) is 0 Å². The highest BCUT2D eigenvalue weighted by Crippen LogP contribution is 2.58. The minimum Gasteiger partial charge on any atom is -0.323 e. The second-order valence-electron chi connectivity index (χ2n) is 4.65. The molecule has 1 unspecified atom stereocenters. The van der Waals surface area contributed by atoms with Crippen molar-refractivity contribution in [3.05, 3.63) is 66.0 Å². The van der Waals surface area contributed by atoms with Gasteiger partial charge in [-0.2, -0.15) is 0 Å². The van der Waals surface area contributed by atoms with E-state index < -0.39 is 13.4 Å². The van der Waals surface area contributed by atoms with E-state index in [-0.39, 0.29) is 29.6 Å². The van der Waals surface area contributed by atoms with Crippen molar-refractivity contribution < 1.29 is 14.0 Å². The van der Waals surface area contributed by atoms with E-state index >= 15 is 0 Å².